The predicted molar refractivity (Wildman–Crippen MR) is 65.0 cm³/mol. The monoisotopic (exact) mass is 223 g/mol. The molecule has 3 aliphatic rings. The lowest BCUT2D eigenvalue weighted by Crippen LogP contribution is -2.41. The average molecular weight is 223 g/mol. The Morgan fingerprint density at radius 1 is 0.875 bits per heavy atom. The molecule has 3 fully saturated rings. The van der Waals surface area contributed by atoms with Crippen LogP contribution in [0.4, 0.5) is 0 Å². The van der Waals surface area contributed by atoms with Crippen molar-refractivity contribution in [2.75, 3.05) is 6.61 Å². The minimum absolute atomic E-state index is 0.234. The van der Waals surface area contributed by atoms with E-state index >= 15 is 0 Å². The molecule has 1 spiro atoms. The van der Waals surface area contributed by atoms with Gasteiger partial charge in [0, 0.05) is 5.54 Å². The van der Waals surface area contributed by atoms with Crippen LogP contribution in [0.2, 0.25) is 0 Å². The lowest BCUT2D eigenvalue weighted by atomic mass is 9.69. The third-order valence-corrected chi connectivity index (χ3v) is 5.71. The Bertz CT molecular complexity index is 282. The lowest BCUT2D eigenvalue weighted by molar-refractivity contribution is -0.0594. The molecule has 2 atom stereocenters. The molecule has 1 N–H and O–H groups in total. The number of nitrogens with one attached hydrogen (secondary N) is 1. The zero-order valence-corrected chi connectivity index (χ0v) is 10.8. The van der Waals surface area contributed by atoms with E-state index in [2.05, 4.69) is 19.3 Å². The van der Waals surface area contributed by atoms with E-state index in [0.29, 0.717) is 10.8 Å². The van der Waals surface area contributed by atoms with Crippen LogP contribution >= 0.6 is 0 Å². The molecule has 2 aliphatic carbocycles. The molecule has 0 amide bonds. The topological polar surface area (TPSA) is 21.3 Å². The number of fused-ring (bicyclic) bond motifs is 4. The van der Waals surface area contributed by atoms with Gasteiger partial charge in [0.05, 0.1) is 6.61 Å². The van der Waals surface area contributed by atoms with E-state index < -0.39 is 0 Å². The minimum Gasteiger partial charge on any atom is -0.301 e. The zero-order valence-electron chi connectivity index (χ0n) is 10.8. The van der Waals surface area contributed by atoms with Gasteiger partial charge in [-0.15, -0.1) is 0 Å². The fourth-order valence-corrected chi connectivity index (χ4v) is 3.92. The highest BCUT2D eigenvalue weighted by atomic mass is 16.6. The fraction of sp³-hybridized carbons (Fsp3) is 1.00. The molecule has 2 unspecified atom stereocenters. The van der Waals surface area contributed by atoms with Crippen molar-refractivity contribution in [3.8, 4) is 0 Å². The Kier molecular flexibility index (Phi) is 2.38. The van der Waals surface area contributed by atoms with Crippen molar-refractivity contribution in [3.63, 3.8) is 0 Å². The van der Waals surface area contributed by atoms with E-state index in [1.165, 1.54) is 51.4 Å². The van der Waals surface area contributed by atoms with Crippen molar-refractivity contribution in [1.29, 1.82) is 0 Å². The van der Waals surface area contributed by atoms with E-state index in [0.717, 1.165) is 6.61 Å². The van der Waals surface area contributed by atoms with Crippen molar-refractivity contribution in [2.45, 2.75) is 70.8 Å². The second kappa shape index (κ2) is 3.46. The average Bonchev–Trinajstić information content (AvgIpc) is 3.02. The van der Waals surface area contributed by atoms with E-state index in [9.17, 15) is 0 Å². The number of rotatable bonds is 0. The van der Waals surface area contributed by atoms with Gasteiger partial charge in [0.2, 0.25) is 0 Å². The normalized spacial score (nSPS) is 46.9. The molecule has 92 valence electrons. The van der Waals surface area contributed by atoms with Crippen molar-refractivity contribution >= 4 is 0 Å². The van der Waals surface area contributed by atoms with E-state index in [-0.39, 0.29) is 5.54 Å². The van der Waals surface area contributed by atoms with Gasteiger partial charge >= 0.3 is 0 Å². The van der Waals surface area contributed by atoms with Gasteiger partial charge in [-0.3, -0.25) is 0 Å². The van der Waals surface area contributed by atoms with Crippen LogP contribution in [0.1, 0.15) is 65.2 Å². The molecule has 0 aromatic rings. The third-order valence-electron chi connectivity index (χ3n) is 5.71. The minimum atomic E-state index is 0.234. The SMILES string of the molecule is CC12CCCCC3(CC3)C(C)(CC1)CON2. The first kappa shape index (κ1) is 11.0. The second-order valence-electron chi connectivity index (χ2n) is 7.00. The van der Waals surface area contributed by atoms with Crippen LogP contribution in [0.3, 0.4) is 0 Å². The van der Waals surface area contributed by atoms with Crippen LogP contribution < -0.4 is 5.48 Å². The Morgan fingerprint density at radius 2 is 1.62 bits per heavy atom. The molecule has 2 heteroatoms. The molecule has 0 radical (unpaired) electrons. The quantitative estimate of drug-likeness (QED) is 0.679. The maximum Gasteiger partial charge on any atom is 0.0741 e. The molecule has 1 heterocycles. The number of hydrogen-bond donors (Lipinski definition) is 1. The molecule has 1 saturated heterocycles. The third kappa shape index (κ3) is 1.62. The zero-order chi connectivity index (χ0) is 11.3. The van der Waals surface area contributed by atoms with Gasteiger partial charge in [-0.05, 0) is 56.3 Å². The first-order valence-corrected chi connectivity index (χ1v) is 6.97. The summed E-state index contributed by atoms with van der Waals surface area (Å²) >= 11 is 0. The summed E-state index contributed by atoms with van der Waals surface area (Å²) in [5, 5.41) is 0. The predicted octanol–water partition coefficient (Wildman–Crippen LogP) is 3.42. The van der Waals surface area contributed by atoms with Crippen molar-refractivity contribution in [2.24, 2.45) is 10.8 Å². The highest BCUT2D eigenvalue weighted by molar-refractivity contribution is 5.07. The number of hydrogen-bond acceptors (Lipinski definition) is 2. The smallest absolute Gasteiger partial charge is 0.0741 e. The summed E-state index contributed by atoms with van der Waals surface area (Å²) in [6.07, 6.45) is 11.0. The molecule has 0 aromatic heterocycles. The van der Waals surface area contributed by atoms with Gasteiger partial charge in [-0.25, -0.2) is 0 Å². The lowest BCUT2D eigenvalue weighted by Gasteiger charge is -2.36. The first-order chi connectivity index (χ1) is 7.58. The van der Waals surface area contributed by atoms with Crippen molar-refractivity contribution in [1.82, 2.24) is 5.48 Å². The van der Waals surface area contributed by atoms with Crippen LogP contribution in [-0.4, -0.2) is 12.1 Å². The summed E-state index contributed by atoms with van der Waals surface area (Å²) in [5.74, 6) is 0. The molecule has 2 bridgehead atoms. The summed E-state index contributed by atoms with van der Waals surface area (Å²) in [4.78, 5) is 5.83. The molecule has 0 aromatic carbocycles. The molecular formula is C14H25NO. The maximum atomic E-state index is 5.83. The van der Waals surface area contributed by atoms with Gasteiger partial charge in [-0.1, -0.05) is 19.8 Å². The van der Waals surface area contributed by atoms with Crippen LogP contribution in [0.5, 0.6) is 0 Å². The van der Waals surface area contributed by atoms with Gasteiger partial charge in [0.15, 0.2) is 0 Å². The largest absolute Gasteiger partial charge is 0.301 e. The van der Waals surface area contributed by atoms with Crippen LogP contribution in [0.15, 0.2) is 0 Å². The summed E-state index contributed by atoms with van der Waals surface area (Å²) in [5.41, 5.74) is 4.66. The molecule has 2 saturated carbocycles. The summed E-state index contributed by atoms with van der Waals surface area (Å²) in [7, 11) is 0. The molecular weight excluding hydrogens is 198 g/mol. The molecule has 1 aliphatic heterocycles. The first-order valence-electron chi connectivity index (χ1n) is 6.97. The summed E-state index contributed by atoms with van der Waals surface area (Å²) in [6.45, 7) is 5.73. The van der Waals surface area contributed by atoms with Crippen molar-refractivity contribution in [3.05, 3.63) is 0 Å². The van der Waals surface area contributed by atoms with Crippen LogP contribution in [0.25, 0.3) is 0 Å². The van der Waals surface area contributed by atoms with E-state index in [4.69, 9.17) is 4.84 Å². The Balaban J connectivity index is 1.89. The van der Waals surface area contributed by atoms with E-state index in [1.807, 2.05) is 0 Å². The van der Waals surface area contributed by atoms with Crippen LogP contribution in [-0.2, 0) is 4.84 Å². The van der Waals surface area contributed by atoms with Crippen LogP contribution in [0, 0.1) is 10.8 Å². The second-order valence-corrected chi connectivity index (χ2v) is 7.00. The Morgan fingerprint density at radius 3 is 2.38 bits per heavy atom. The highest BCUT2D eigenvalue weighted by Gasteiger charge is 2.57. The summed E-state index contributed by atoms with van der Waals surface area (Å²) < 4.78 is 0. The van der Waals surface area contributed by atoms with Gasteiger partial charge < -0.3 is 4.84 Å². The van der Waals surface area contributed by atoms with Gasteiger partial charge in [-0.2, -0.15) is 5.48 Å². The van der Waals surface area contributed by atoms with Crippen molar-refractivity contribution < 1.29 is 4.84 Å². The van der Waals surface area contributed by atoms with E-state index in [1.54, 1.807) is 0 Å². The number of hydroxylamine groups is 1. The fourth-order valence-electron chi connectivity index (χ4n) is 3.92. The molecule has 3 rings (SSSR count). The van der Waals surface area contributed by atoms with Gasteiger partial charge in [0.1, 0.15) is 0 Å². The van der Waals surface area contributed by atoms with Gasteiger partial charge in [0.25, 0.3) is 0 Å². The Hall–Kier alpha value is -0.0800. The Labute approximate surface area is 99.1 Å². The highest BCUT2D eigenvalue weighted by Crippen LogP contribution is 2.64. The summed E-state index contributed by atoms with van der Waals surface area (Å²) in [6, 6.07) is 0. The maximum absolute atomic E-state index is 5.83. The molecule has 2 nitrogen and oxygen atoms in total. The standard InChI is InChI=1S/C14H25NO/c1-12-7-8-13(2,15-16-11-12)5-3-4-6-14(12)9-10-14/h15H,3-11H2,1-2H3. The molecule has 16 heavy (non-hydrogen) atoms.